The molecule has 33 heavy (non-hydrogen) atoms. The number of ether oxygens (including phenoxy) is 3. The second-order valence-electron chi connectivity index (χ2n) is 7.84. The van der Waals surface area contributed by atoms with E-state index in [0.29, 0.717) is 37.6 Å². The summed E-state index contributed by atoms with van der Waals surface area (Å²) in [6.45, 7) is 3.83. The number of rotatable bonds is 9. The Morgan fingerprint density at radius 1 is 0.879 bits per heavy atom. The van der Waals surface area contributed by atoms with Gasteiger partial charge in [-0.05, 0) is 48.7 Å². The Bertz CT molecular complexity index is 1080. The van der Waals surface area contributed by atoms with Gasteiger partial charge in [0.15, 0.2) is 11.5 Å². The normalized spacial score (nSPS) is 12.9. The van der Waals surface area contributed by atoms with Crippen molar-refractivity contribution >= 4 is 0 Å². The summed E-state index contributed by atoms with van der Waals surface area (Å²) >= 11 is 0. The van der Waals surface area contributed by atoms with Crippen molar-refractivity contribution in [3.05, 3.63) is 89.0 Å². The molecule has 4 rings (SSSR count). The quantitative estimate of drug-likeness (QED) is 0.390. The molecule has 0 bridgehead atoms. The average Bonchev–Trinajstić information content (AvgIpc) is 3.26. The van der Waals surface area contributed by atoms with Gasteiger partial charge in [-0.2, -0.15) is 13.2 Å². The topological polar surface area (TPSA) is 30.9 Å². The van der Waals surface area contributed by atoms with E-state index in [1.54, 1.807) is 12.1 Å². The van der Waals surface area contributed by atoms with E-state index in [4.69, 9.17) is 14.2 Å². The predicted molar refractivity (Wildman–Crippen MR) is 119 cm³/mol. The summed E-state index contributed by atoms with van der Waals surface area (Å²) in [7, 11) is 0. The largest absolute Gasteiger partial charge is 0.494 e. The van der Waals surface area contributed by atoms with Crippen molar-refractivity contribution < 1.29 is 27.4 Å². The molecule has 1 aliphatic heterocycles. The average molecular weight is 457 g/mol. The molecule has 0 aliphatic carbocycles. The summed E-state index contributed by atoms with van der Waals surface area (Å²) in [6.07, 6.45) is -3.75. The van der Waals surface area contributed by atoms with E-state index in [-0.39, 0.29) is 18.9 Å². The van der Waals surface area contributed by atoms with Crippen LogP contribution in [0.3, 0.4) is 0 Å². The third-order valence-corrected chi connectivity index (χ3v) is 5.54. The van der Waals surface area contributed by atoms with Crippen LogP contribution in [0.1, 0.15) is 29.2 Å². The molecular weight excluding hydrogens is 431 g/mol. The Balaban J connectivity index is 1.57. The molecule has 3 aromatic carbocycles. The molecule has 0 saturated heterocycles. The van der Waals surface area contributed by atoms with Crippen molar-refractivity contribution in [2.45, 2.75) is 32.6 Å². The molecule has 0 spiro atoms. The van der Waals surface area contributed by atoms with Gasteiger partial charge in [-0.15, -0.1) is 0 Å². The van der Waals surface area contributed by atoms with Crippen molar-refractivity contribution in [2.24, 2.45) is 0 Å². The molecule has 0 unspecified atom stereocenters. The first-order valence-corrected chi connectivity index (χ1v) is 10.9. The summed E-state index contributed by atoms with van der Waals surface area (Å²) in [4.78, 5) is 2.02. The number of hydrogen-bond donors (Lipinski definition) is 0. The van der Waals surface area contributed by atoms with Crippen molar-refractivity contribution in [2.75, 3.05) is 19.9 Å². The molecule has 7 heteroatoms. The Labute approximate surface area is 191 Å². The molecule has 0 aromatic heterocycles. The highest BCUT2D eigenvalue weighted by Crippen LogP contribution is 2.34. The van der Waals surface area contributed by atoms with Crippen molar-refractivity contribution in [1.29, 1.82) is 0 Å². The van der Waals surface area contributed by atoms with Crippen LogP contribution in [0, 0.1) is 0 Å². The predicted octanol–water partition coefficient (Wildman–Crippen LogP) is 6.08. The van der Waals surface area contributed by atoms with E-state index < -0.39 is 11.7 Å². The van der Waals surface area contributed by atoms with Crippen LogP contribution in [0.25, 0.3) is 0 Å². The maximum atomic E-state index is 13.6. The maximum Gasteiger partial charge on any atom is 0.416 e. The lowest BCUT2D eigenvalue weighted by Gasteiger charge is -2.25. The highest BCUT2D eigenvalue weighted by molar-refractivity contribution is 5.44. The second-order valence-corrected chi connectivity index (χ2v) is 7.84. The zero-order valence-corrected chi connectivity index (χ0v) is 18.4. The molecule has 174 valence electrons. The minimum atomic E-state index is -4.40. The van der Waals surface area contributed by atoms with Gasteiger partial charge >= 0.3 is 6.18 Å². The van der Waals surface area contributed by atoms with E-state index in [1.165, 1.54) is 6.07 Å². The minimum absolute atomic E-state index is 0.167. The van der Waals surface area contributed by atoms with E-state index in [2.05, 4.69) is 0 Å². The van der Waals surface area contributed by atoms with Gasteiger partial charge in [0.1, 0.15) is 5.75 Å². The molecule has 3 aromatic rings. The number of benzene rings is 3. The van der Waals surface area contributed by atoms with Gasteiger partial charge in [0.05, 0.1) is 12.2 Å². The van der Waals surface area contributed by atoms with Crippen molar-refractivity contribution in [3.63, 3.8) is 0 Å². The Hall–Kier alpha value is -3.19. The van der Waals surface area contributed by atoms with E-state index in [1.807, 2.05) is 54.3 Å². The third-order valence-electron chi connectivity index (χ3n) is 5.54. The van der Waals surface area contributed by atoms with Gasteiger partial charge < -0.3 is 14.2 Å². The standard InChI is InChI=1S/C26H26F3NO3/c1-2-31-23-10-6-4-8-21(23)17-30(16-20-7-3-5-9-22(20)26(27,28)29)14-13-19-11-12-24-25(15-19)33-18-32-24/h3-12,15H,2,13-14,16-18H2,1H3. The molecule has 0 saturated carbocycles. The van der Waals surface area contributed by atoms with Crippen molar-refractivity contribution in [1.82, 2.24) is 4.90 Å². The SMILES string of the molecule is CCOc1ccccc1CN(CCc1ccc2c(c1)OCO2)Cc1ccccc1C(F)(F)F. The van der Waals surface area contributed by atoms with Gasteiger partial charge in [0.2, 0.25) is 6.79 Å². The number of nitrogens with zero attached hydrogens (tertiary/aromatic N) is 1. The van der Waals surface area contributed by atoms with Crippen molar-refractivity contribution in [3.8, 4) is 17.2 Å². The first kappa shape index (κ1) is 23.0. The highest BCUT2D eigenvalue weighted by atomic mass is 19.4. The smallest absolute Gasteiger partial charge is 0.416 e. The van der Waals surface area contributed by atoms with Crippen LogP contribution in [0.4, 0.5) is 13.2 Å². The van der Waals surface area contributed by atoms with Crippen LogP contribution in [0.2, 0.25) is 0 Å². The lowest BCUT2D eigenvalue weighted by atomic mass is 10.0. The van der Waals surface area contributed by atoms with Gasteiger partial charge in [0.25, 0.3) is 0 Å². The van der Waals surface area contributed by atoms with Gasteiger partial charge in [0, 0.05) is 25.2 Å². The first-order chi connectivity index (χ1) is 15.9. The summed E-state index contributed by atoms with van der Waals surface area (Å²) < 4.78 is 57.4. The van der Waals surface area contributed by atoms with Crippen LogP contribution >= 0.6 is 0 Å². The first-order valence-electron chi connectivity index (χ1n) is 10.9. The molecule has 0 radical (unpaired) electrons. The lowest BCUT2D eigenvalue weighted by molar-refractivity contribution is -0.138. The molecule has 0 fully saturated rings. The number of alkyl halides is 3. The maximum absolute atomic E-state index is 13.6. The van der Waals surface area contributed by atoms with Crippen LogP contribution in [-0.2, 0) is 25.7 Å². The van der Waals surface area contributed by atoms with Crippen LogP contribution in [0.15, 0.2) is 66.7 Å². The lowest BCUT2D eigenvalue weighted by Crippen LogP contribution is -2.27. The number of para-hydroxylation sites is 1. The Kier molecular flexibility index (Phi) is 7.08. The highest BCUT2D eigenvalue weighted by Gasteiger charge is 2.33. The molecule has 1 heterocycles. The molecular formula is C26H26F3NO3. The molecule has 0 N–H and O–H groups in total. The van der Waals surface area contributed by atoms with E-state index >= 15 is 0 Å². The number of fused-ring (bicyclic) bond motifs is 1. The third kappa shape index (κ3) is 5.79. The molecule has 4 nitrogen and oxygen atoms in total. The number of hydrogen-bond acceptors (Lipinski definition) is 4. The Morgan fingerprint density at radius 2 is 1.58 bits per heavy atom. The fourth-order valence-electron chi connectivity index (χ4n) is 3.94. The van der Waals surface area contributed by atoms with Gasteiger partial charge in [-0.3, -0.25) is 4.90 Å². The van der Waals surface area contributed by atoms with Gasteiger partial charge in [-0.25, -0.2) is 0 Å². The fourth-order valence-corrected chi connectivity index (χ4v) is 3.94. The summed E-state index contributed by atoms with van der Waals surface area (Å²) in [5, 5.41) is 0. The minimum Gasteiger partial charge on any atom is -0.494 e. The van der Waals surface area contributed by atoms with Crippen LogP contribution < -0.4 is 14.2 Å². The summed E-state index contributed by atoms with van der Waals surface area (Å²) in [6, 6.07) is 19.2. The van der Waals surface area contributed by atoms with Crippen LogP contribution in [0.5, 0.6) is 17.2 Å². The summed E-state index contributed by atoms with van der Waals surface area (Å²) in [5.74, 6) is 2.15. The van der Waals surface area contributed by atoms with Gasteiger partial charge in [-0.1, -0.05) is 42.5 Å². The fraction of sp³-hybridized carbons (Fsp3) is 0.308. The molecule has 0 atom stereocenters. The number of halogens is 3. The van der Waals surface area contributed by atoms with Crippen LogP contribution in [-0.4, -0.2) is 24.8 Å². The Morgan fingerprint density at radius 3 is 2.36 bits per heavy atom. The second kappa shape index (κ2) is 10.2. The summed E-state index contributed by atoms with van der Waals surface area (Å²) in [5.41, 5.74) is 1.63. The van der Waals surface area contributed by atoms with E-state index in [0.717, 1.165) is 22.9 Å². The molecule has 0 amide bonds. The monoisotopic (exact) mass is 457 g/mol. The molecule has 1 aliphatic rings. The van der Waals surface area contributed by atoms with E-state index in [9.17, 15) is 13.2 Å². The zero-order chi connectivity index (χ0) is 23.3. The zero-order valence-electron chi connectivity index (χ0n) is 18.4.